The predicted octanol–water partition coefficient (Wildman–Crippen LogP) is 2.33. The third-order valence-electron chi connectivity index (χ3n) is 3.87. The Hall–Kier alpha value is -2.70. The Labute approximate surface area is 139 Å². The molecule has 1 aromatic heterocycles. The lowest BCUT2D eigenvalue weighted by Gasteiger charge is -2.21. The topological polar surface area (TPSA) is 73.2 Å². The Morgan fingerprint density at radius 2 is 1.96 bits per heavy atom. The van der Waals surface area contributed by atoms with Gasteiger partial charge in [0, 0.05) is 6.20 Å². The van der Waals surface area contributed by atoms with Crippen LogP contribution in [0.5, 0.6) is 0 Å². The molecule has 2 atom stereocenters. The molecule has 0 fully saturated rings. The standard InChI is InChI=1S/C17H20FN3O3/c1-4-11(2)15(17(23)24-3)19-16(22)14-9-10-21(20-14)13-7-5-12(18)6-8-13/h5-11,15H,4H2,1-3H3,(H,19,22). The number of aromatic nitrogens is 2. The number of rotatable bonds is 6. The van der Waals surface area contributed by atoms with E-state index in [-0.39, 0.29) is 17.4 Å². The minimum Gasteiger partial charge on any atom is -0.467 e. The summed E-state index contributed by atoms with van der Waals surface area (Å²) >= 11 is 0. The number of amides is 1. The Bertz CT molecular complexity index is 712. The van der Waals surface area contributed by atoms with Crippen molar-refractivity contribution in [3.63, 3.8) is 0 Å². The van der Waals surface area contributed by atoms with Crippen LogP contribution in [-0.4, -0.2) is 34.8 Å². The summed E-state index contributed by atoms with van der Waals surface area (Å²) in [5.41, 5.74) is 0.790. The molecular weight excluding hydrogens is 313 g/mol. The summed E-state index contributed by atoms with van der Waals surface area (Å²) in [7, 11) is 1.28. The Morgan fingerprint density at radius 3 is 2.54 bits per heavy atom. The Morgan fingerprint density at radius 1 is 1.29 bits per heavy atom. The average molecular weight is 333 g/mol. The zero-order chi connectivity index (χ0) is 17.7. The van der Waals surface area contributed by atoms with Gasteiger partial charge < -0.3 is 10.1 Å². The molecule has 2 aromatic rings. The second-order valence-electron chi connectivity index (χ2n) is 5.48. The van der Waals surface area contributed by atoms with E-state index < -0.39 is 17.9 Å². The lowest BCUT2D eigenvalue weighted by Crippen LogP contribution is -2.45. The van der Waals surface area contributed by atoms with Gasteiger partial charge in [0.25, 0.3) is 5.91 Å². The van der Waals surface area contributed by atoms with Gasteiger partial charge in [0.15, 0.2) is 5.69 Å². The van der Waals surface area contributed by atoms with Crippen molar-refractivity contribution in [3.05, 3.63) is 48.0 Å². The summed E-state index contributed by atoms with van der Waals surface area (Å²) in [4.78, 5) is 24.2. The molecule has 0 aliphatic rings. The van der Waals surface area contributed by atoms with E-state index in [9.17, 15) is 14.0 Å². The number of carbonyl (C=O) groups excluding carboxylic acids is 2. The van der Waals surface area contributed by atoms with Crippen LogP contribution in [-0.2, 0) is 9.53 Å². The van der Waals surface area contributed by atoms with Gasteiger partial charge in [-0.1, -0.05) is 20.3 Å². The van der Waals surface area contributed by atoms with E-state index in [0.29, 0.717) is 12.1 Å². The van der Waals surface area contributed by atoms with Crippen LogP contribution in [0.25, 0.3) is 5.69 Å². The number of methoxy groups -OCH3 is 1. The van der Waals surface area contributed by atoms with E-state index in [4.69, 9.17) is 4.74 Å². The molecule has 128 valence electrons. The lowest BCUT2D eigenvalue weighted by molar-refractivity contribution is -0.144. The van der Waals surface area contributed by atoms with Crippen molar-refractivity contribution in [1.82, 2.24) is 15.1 Å². The molecule has 1 heterocycles. The molecule has 1 amide bonds. The van der Waals surface area contributed by atoms with Gasteiger partial charge in [0.1, 0.15) is 11.9 Å². The van der Waals surface area contributed by atoms with Crippen molar-refractivity contribution in [2.45, 2.75) is 26.3 Å². The van der Waals surface area contributed by atoms with Crippen molar-refractivity contribution in [3.8, 4) is 5.69 Å². The fourth-order valence-corrected chi connectivity index (χ4v) is 2.19. The van der Waals surface area contributed by atoms with Crippen LogP contribution < -0.4 is 5.32 Å². The number of benzene rings is 1. The molecule has 0 saturated heterocycles. The highest BCUT2D eigenvalue weighted by molar-refractivity contribution is 5.95. The molecule has 2 unspecified atom stereocenters. The van der Waals surface area contributed by atoms with Gasteiger partial charge >= 0.3 is 5.97 Å². The summed E-state index contributed by atoms with van der Waals surface area (Å²) < 4.78 is 19.2. The first-order valence-corrected chi connectivity index (χ1v) is 7.66. The molecule has 6 nitrogen and oxygen atoms in total. The van der Waals surface area contributed by atoms with Crippen molar-refractivity contribution in [2.24, 2.45) is 5.92 Å². The fraction of sp³-hybridized carbons (Fsp3) is 0.353. The summed E-state index contributed by atoms with van der Waals surface area (Å²) in [5, 5.41) is 6.82. The van der Waals surface area contributed by atoms with Crippen LogP contribution in [0.1, 0.15) is 30.8 Å². The van der Waals surface area contributed by atoms with E-state index in [0.717, 1.165) is 0 Å². The quantitative estimate of drug-likeness (QED) is 0.824. The van der Waals surface area contributed by atoms with Gasteiger partial charge in [-0.05, 0) is 36.2 Å². The van der Waals surface area contributed by atoms with Crippen LogP contribution >= 0.6 is 0 Å². The van der Waals surface area contributed by atoms with E-state index in [1.807, 2.05) is 13.8 Å². The maximum absolute atomic E-state index is 13.0. The second-order valence-corrected chi connectivity index (χ2v) is 5.48. The minimum atomic E-state index is -0.733. The first-order valence-electron chi connectivity index (χ1n) is 7.66. The summed E-state index contributed by atoms with van der Waals surface area (Å²) in [6, 6.07) is 6.54. The number of hydrogen-bond acceptors (Lipinski definition) is 4. The molecule has 2 rings (SSSR count). The molecule has 7 heteroatoms. The molecular formula is C17H20FN3O3. The monoisotopic (exact) mass is 333 g/mol. The molecule has 1 N–H and O–H groups in total. The number of hydrogen-bond donors (Lipinski definition) is 1. The molecule has 0 bridgehead atoms. The largest absolute Gasteiger partial charge is 0.467 e. The zero-order valence-corrected chi connectivity index (χ0v) is 13.8. The molecule has 0 saturated carbocycles. The van der Waals surface area contributed by atoms with E-state index in [2.05, 4.69) is 10.4 Å². The van der Waals surface area contributed by atoms with E-state index >= 15 is 0 Å². The predicted molar refractivity (Wildman–Crippen MR) is 86.2 cm³/mol. The number of nitrogens with zero attached hydrogens (tertiary/aromatic N) is 2. The Kier molecular flexibility index (Phi) is 5.68. The van der Waals surface area contributed by atoms with Crippen LogP contribution in [0.15, 0.2) is 36.5 Å². The number of ether oxygens (including phenoxy) is 1. The summed E-state index contributed by atoms with van der Waals surface area (Å²) in [5.74, 6) is -1.37. The van der Waals surface area contributed by atoms with Crippen LogP contribution in [0.2, 0.25) is 0 Å². The molecule has 24 heavy (non-hydrogen) atoms. The average Bonchev–Trinajstić information content (AvgIpc) is 3.09. The number of carbonyl (C=O) groups is 2. The van der Waals surface area contributed by atoms with Gasteiger partial charge in [0.2, 0.25) is 0 Å². The number of halogens is 1. The zero-order valence-electron chi connectivity index (χ0n) is 13.8. The first-order chi connectivity index (χ1) is 11.5. The fourth-order valence-electron chi connectivity index (χ4n) is 2.19. The molecule has 0 aliphatic heterocycles. The van der Waals surface area contributed by atoms with E-state index in [1.54, 1.807) is 18.3 Å². The highest BCUT2D eigenvalue weighted by atomic mass is 19.1. The smallest absolute Gasteiger partial charge is 0.328 e. The van der Waals surface area contributed by atoms with E-state index in [1.165, 1.54) is 30.0 Å². The Balaban J connectivity index is 2.15. The highest BCUT2D eigenvalue weighted by Crippen LogP contribution is 2.12. The van der Waals surface area contributed by atoms with Gasteiger partial charge in [-0.3, -0.25) is 4.79 Å². The molecule has 0 aliphatic carbocycles. The lowest BCUT2D eigenvalue weighted by atomic mass is 9.99. The molecule has 0 spiro atoms. The third-order valence-corrected chi connectivity index (χ3v) is 3.87. The van der Waals surface area contributed by atoms with Gasteiger partial charge in [-0.15, -0.1) is 0 Å². The maximum atomic E-state index is 13.0. The summed E-state index contributed by atoms with van der Waals surface area (Å²) in [6.07, 6.45) is 2.31. The first kappa shape index (κ1) is 17.7. The van der Waals surface area contributed by atoms with Crippen molar-refractivity contribution < 1.29 is 18.7 Å². The molecule has 0 radical (unpaired) electrons. The highest BCUT2D eigenvalue weighted by Gasteiger charge is 2.27. The number of nitrogens with one attached hydrogen (secondary N) is 1. The van der Waals surface area contributed by atoms with Crippen molar-refractivity contribution in [2.75, 3.05) is 7.11 Å². The maximum Gasteiger partial charge on any atom is 0.328 e. The van der Waals surface area contributed by atoms with Crippen LogP contribution in [0, 0.1) is 11.7 Å². The second kappa shape index (κ2) is 7.72. The van der Waals surface area contributed by atoms with Gasteiger partial charge in [-0.2, -0.15) is 5.10 Å². The third kappa shape index (κ3) is 3.98. The molecule has 1 aromatic carbocycles. The minimum absolute atomic E-state index is 0.0689. The van der Waals surface area contributed by atoms with Gasteiger partial charge in [-0.25, -0.2) is 13.9 Å². The van der Waals surface area contributed by atoms with Gasteiger partial charge in [0.05, 0.1) is 12.8 Å². The van der Waals surface area contributed by atoms with Crippen LogP contribution in [0.4, 0.5) is 4.39 Å². The van der Waals surface area contributed by atoms with Crippen molar-refractivity contribution in [1.29, 1.82) is 0 Å². The normalized spacial score (nSPS) is 13.2. The summed E-state index contributed by atoms with van der Waals surface area (Å²) in [6.45, 7) is 3.79. The van der Waals surface area contributed by atoms with Crippen molar-refractivity contribution >= 4 is 11.9 Å². The van der Waals surface area contributed by atoms with Crippen LogP contribution in [0.3, 0.4) is 0 Å². The SMILES string of the molecule is CCC(C)C(NC(=O)c1ccn(-c2ccc(F)cc2)n1)C(=O)OC. The number of esters is 1.